The third kappa shape index (κ3) is 7.07. The number of aromatic nitrogens is 2. The minimum absolute atomic E-state index is 0.0113. The number of imidazole rings is 1. The number of allylic oxidation sites excluding steroid dienone is 1. The molecule has 1 aliphatic carbocycles. The summed E-state index contributed by atoms with van der Waals surface area (Å²) in [6, 6.07) is 16.9. The van der Waals surface area contributed by atoms with Crippen molar-refractivity contribution < 1.29 is 4.74 Å². The topological polar surface area (TPSA) is 42.3 Å². The van der Waals surface area contributed by atoms with Crippen molar-refractivity contribution in [2.24, 2.45) is 0 Å². The summed E-state index contributed by atoms with van der Waals surface area (Å²) in [6.45, 7) is 23.0. The molecule has 3 aromatic rings. The van der Waals surface area contributed by atoms with Crippen LogP contribution in [0.3, 0.4) is 0 Å². The Morgan fingerprint density at radius 2 is 1.57 bits per heavy atom. The number of methoxy groups -OCH3 is 1. The molecule has 2 aromatic carbocycles. The zero-order valence-corrected chi connectivity index (χ0v) is 25.7. The van der Waals surface area contributed by atoms with E-state index in [0.717, 1.165) is 60.2 Å². The van der Waals surface area contributed by atoms with Gasteiger partial charge in [-0.3, -0.25) is 0 Å². The molecule has 0 radical (unpaired) electrons. The Balaban J connectivity index is 0.00000216. The monoisotopic (exact) mass is 540 g/mol. The number of anilines is 1. The average Bonchev–Trinajstić information content (AvgIpc) is 3.57. The van der Waals surface area contributed by atoms with E-state index in [-0.39, 0.29) is 5.54 Å². The van der Waals surface area contributed by atoms with Crippen molar-refractivity contribution in [3.8, 4) is 5.75 Å². The summed E-state index contributed by atoms with van der Waals surface area (Å²) >= 11 is 0. The standard InChI is InChI=1S/C33H42N4O.C2H6/c1-8-25(4)36(22-28-14-12-24(3)13-15-28)27(6)31-26(5)34-32(35-33(9-2)20-10-11-21-33)37(31)23-29-16-18-30(38-7)19-17-29;1-2/h10-19H,4,6,8-9,20-23H2,1-3,5,7H3,(H,34,35);1-2H3. The summed E-state index contributed by atoms with van der Waals surface area (Å²) in [5, 5.41) is 3.85. The van der Waals surface area contributed by atoms with Crippen LogP contribution in [0.25, 0.3) is 5.70 Å². The fourth-order valence-corrected chi connectivity index (χ4v) is 5.11. The highest BCUT2D eigenvalue weighted by molar-refractivity contribution is 5.65. The Labute approximate surface area is 242 Å². The van der Waals surface area contributed by atoms with E-state index in [1.165, 1.54) is 16.7 Å². The third-order valence-electron chi connectivity index (χ3n) is 7.73. The van der Waals surface area contributed by atoms with Gasteiger partial charge in [0.1, 0.15) is 5.75 Å². The second-order valence-electron chi connectivity index (χ2n) is 10.4. The van der Waals surface area contributed by atoms with Crippen LogP contribution in [-0.2, 0) is 13.1 Å². The highest BCUT2D eigenvalue weighted by Gasteiger charge is 2.32. The van der Waals surface area contributed by atoms with E-state index in [1.54, 1.807) is 7.11 Å². The molecule has 0 bridgehead atoms. The Kier molecular flexibility index (Phi) is 10.8. The van der Waals surface area contributed by atoms with Crippen LogP contribution in [0.15, 0.2) is 79.5 Å². The maximum Gasteiger partial charge on any atom is 0.204 e. The first kappa shape index (κ1) is 30.8. The largest absolute Gasteiger partial charge is 0.497 e. The fourth-order valence-electron chi connectivity index (χ4n) is 5.11. The van der Waals surface area contributed by atoms with Gasteiger partial charge in [-0.05, 0) is 62.8 Å². The average molecular weight is 541 g/mol. The number of ether oxygens (including phenoxy) is 1. The van der Waals surface area contributed by atoms with Gasteiger partial charge in [-0.25, -0.2) is 4.98 Å². The van der Waals surface area contributed by atoms with Crippen LogP contribution in [0.5, 0.6) is 5.75 Å². The highest BCUT2D eigenvalue weighted by atomic mass is 16.5. The zero-order chi connectivity index (χ0) is 29.3. The SMILES string of the molecule is C=C(CC)N(Cc1ccc(C)cc1)C(=C)c1c(C)nc(NC2(CC)CC=CC2)n1Cc1ccc(OC)cc1.CC. The van der Waals surface area contributed by atoms with Gasteiger partial charge in [-0.1, -0.05) is 95.0 Å². The van der Waals surface area contributed by atoms with Crippen LogP contribution in [0.2, 0.25) is 0 Å². The molecule has 1 aromatic heterocycles. The summed E-state index contributed by atoms with van der Waals surface area (Å²) in [6.07, 6.45) is 8.41. The number of nitrogens with zero attached hydrogens (tertiary/aromatic N) is 3. The van der Waals surface area contributed by atoms with Crippen molar-refractivity contribution in [3.05, 3.63) is 108 Å². The van der Waals surface area contributed by atoms with Gasteiger partial charge in [-0.2, -0.15) is 0 Å². The summed E-state index contributed by atoms with van der Waals surface area (Å²) in [4.78, 5) is 7.33. The molecule has 0 saturated carbocycles. The maximum absolute atomic E-state index is 5.39. The second kappa shape index (κ2) is 14.1. The van der Waals surface area contributed by atoms with Gasteiger partial charge in [0.25, 0.3) is 0 Å². The molecule has 0 saturated heterocycles. The van der Waals surface area contributed by atoms with E-state index in [1.807, 2.05) is 26.0 Å². The number of benzene rings is 2. The van der Waals surface area contributed by atoms with Gasteiger partial charge in [0, 0.05) is 17.8 Å². The van der Waals surface area contributed by atoms with Gasteiger partial charge in [-0.15, -0.1) is 0 Å². The molecule has 1 aliphatic rings. The third-order valence-corrected chi connectivity index (χ3v) is 7.73. The molecular formula is C35H48N4O. The Bertz CT molecular complexity index is 1290. The smallest absolute Gasteiger partial charge is 0.204 e. The predicted molar refractivity (Wildman–Crippen MR) is 171 cm³/mol. The number of nitrogens with one attached hydrogen (secondary N) is 1. The lowest BCUT2D eigenvalue weighted by Crippen LogP contribution is -2.36. The van der Waals surface area contributed by atoms with E-state index in [0.29, 0.717) is 13.1 Å². The zero-order valence-electron chi connectivity index (χ0n) is 25.7. The molecule has 0 spiro atoms. The molecule has 0 unspecified atom stereocenters. The molecule has 4 rings (SSSR count). The predicted octanol–water partition coefficient (Wildman–Crippen LogP) is 8.89. The van der Waals surface area contributed by atoms with E-state index >= 15 is 0 Å². The summed E-state index contributed by atoms with van der Waals surface area (Å²) in [5.74, 6) is 1.74. The maximum atomic E-state index is 5.39. The summed E-state index contributed by atoms with van der Waals surface area (Å²) < 4.78 is 7.68. The molecule has 5 heteroatoms. The summed E-state index contributed by atoms with van der Waals surface area (Å²) in [7, 11) is 1.70. The van der Waals surface area contributed by atoms with Crippen molar-refractivity contribution in [2.75, 3.05) is 12.4 Å². The van der Waals surface area contributed by atoms with E-state index in [4.69, 9.17) is 9.72 Å². The second-order valence-corrected chi connectivity index (χ2v) is 10.4. The molecule has 0 atom stereocenters. The molecular weight excluding hydrogens is 492 g/mol. The first-order valence-electron chi connectivity index (χ1n) is 14.6. The lowest BCUT2D eigenvalue weighted by Gasteiger charge is -2.31. The normalized spacial score (nSPS) is 13.4. The van der Waals surface area contributed by atoms with Crippen LogP contribution in [0, 0.1) is 13.8 Å². The lowest BCUT2D eigenvalue weighted by atomic mass is 9.93. The Morgan fingerprint density at radius 1 is 0.975 bits per heavy atom. The molecule has 0 amide bonds. The fraction of sp³-hybridized carbons (Fsp3) is 0.400. The van der Waals surface area contributed by atoms with Crippen LogP contribution in [-0.4, -0.2) is 27.1 Å². The highest BCUT2D eigenvalue weighted by Crippen LogP contribution is 2.35. The first-order chi connectivity index (χ1) is 19.3. The first-order valence-corrected chi connectivity index (χ1v) is 14.6. The molecule has 214 valence electrons. The van der Waals surface area contributed by atoms with E-state index in [9.17, 15) is 0 Å². The van der Waals surface area contributed by atoms with Crippen LogP contribution >= 0.6 is 0 Å². The number of aryl methyl sites for hydroxylation is 2. The molecule has 5 nitrogen and oxygen atoms in total. The van der Waals surface area contributed by atoms with Crippen LogP contribution in [0.4, 0.5) is 5.95 Å². The molecule has 0 fully saturated rings. The van der Waals surface area contributed by atoms with Gasteiger partial charge in [0.05, 0.1) is 30.7 Å². The molecule has 40 heavy (non-hydrogen) atoms. The van der Waals surface area contributed by atoms with Crippen molar-refractivity contribution in [1.82, 2.24) is 14.5 Å². The van der Waals surface area contributed by atoms with Gasteiger partial charge >= 0.3 is 0 Å². The van der Waals surface area contributed by atoms with Gasteiger partial charge in [0.15, 0.2) is 0 Å². The van der Waals surface area contributed by atoms with Crippen LogP contribution in [0.1, 0.15) is 81.5 Å². The number of hydrogen-bond acceptors (Lipinski definition) is 4. The van der Waals surface area contributed by atoms with Crippen LogP contribution < -0.4 is 10.1 Å². The minimum Gasteiger partial charge on any atom is -0.497 e. The lowest BCUT2D eigenvalue weighted by molar-refractivity contribution is 0.414. The van der Waals surface area contributed by atoms with Crippen molar-refractivity contribution >= 4 is 11.6 Å². The summed E-state index contributed by atoms with van der Waals surface area (Å²) in [5.41, 5.74) is 7.58. The van der Waals surface area contributed by atoms with Gasteiger partial charge < -0.3 is 19.5 Å². The van der Waals surface area contributed by atoms with Crippen molar-refractivity contribution in [3.63, 3.8) is 0 Å². The van der Waals surface area contributed by atoms with Crippen molar-refractivity contribution in [1.29, 1.82) is 0 Å². The Morgan fingerprint density at radius 3 is 2.12 bits per heavy atom. The minimum atomic E-state index is -0.0113. The number of hydrogen-bond donors (Lipinski definition) is 1. The molecule has 1 heterocycles. The van der Waals surface area contributed by atoms with Gasteiger partial charge in [0.2, 0.25) is 5.95 Å². The Hall–Kier alpha value is -3.73. The quantitative estimate of drug-likeness (QED) is 0.233. The number of rotatable bonds is 12. The molecule has 1 N–H and O–H groups in total. The van der Waals surface area contributed by atoms with E-state index < -0.39 is 0 Å². The van der Waals surface area contributed by atoms with Crippen molar-refractivity contribution in [2.45, 2.75) is 85.9 Å². The molecule has 0 aliphatic heterocycles. The van der Waals surface area contributed by atoms with E-state index in [2.05, 4.69) is 104 Å².